The maximum Gasteiger partial charge on any atom is 0.257 e. The molecule has 3 unspecified atom stereocenters. The summed E-state index contributed by atoms with van der Waals surface area (Å²) in [6.45, 7) is 2.53. The number of amides is 1. The molecule has 6 nitrogen and oxygen atoms in total. The second-order valence-electron chi connectivity index (χ2n) is 8.55. The molecule has 6 heteroatoms. The molecule has 0 bridgehead atoms. The predicted octanol–water partition coefficient (Wildman–Crippen LogP) is 5.88. The molecule has 1 heterocycles. The summed E-state index contributed by atoms with van der Waals surface area (Å²) < 4.78 is 10.8. The molecular weight excluding hydrogens is 428 g/mol. The summed E-state index contributed by atoms with van der Waals surface area (Å²) in [6, 6.07) is 18.6. The first-order valence-corrected chi connectivity index (χ1v) is 11.6. The molecule has 0 aromatic heterocycles. The zero-order chi connectivity index (χ0) is 23.7. The molecule has 1 aliphatic heterocycles. The van der Waals surface area contributed by atoms with Crippen molar-refractivity contribution in [3.8, 4) is 17.2 Å². The van der Waals surface area contributed by atoms with Crippen LogP contribution in [0.1, 0.15) is 46.8 Å². The highest BCUT2D eigenvalue weighted by atomic mass is 16.5. The summed E-state index contributed by atoms with van der Waals surface area (Å²) in [5.74, 6) is 1.53. The minimum Gasteiger partial charge on any atom is -0.504 e. The van der Waals surface area contributed by atoms with E-state index in [2.05, 4.69) is 28.9 Å². The lowest BCUT2D eigenvalue weighted by Gasteiger charge is -2.38. The molecule has 0 fully saturated rings. The van der Waals surface area contributed by atoms with Crippen molar-refractivity contribution in [2.75, 3.05) is 24.4 Å². The number of phenols is 1. The van der Waals surface area contributed by atoms with Crippen LogP contribution in [0.15, 0.2) is 72.8 Å². The third-order valence-electron chi connectivity index (χ3n) is 6.65. The van der Waals surface area contributed by atoms with Crippen molar-refractivity contribution >= 4 is 17.3 Å². The molecular formula is C28H28N2O4. The minimum atomic E-state index is -0.192. The number of carbonyl (C=O) groups is 1. The molecule has 0 spiro atoms. The monoisotopic (exact) mass is 456 g/mol. The van der Waals surface area contributed by atoms with Crippen LogP contribution in [0.5, 0.6) is 17.2 Å². The fraction of sp³-hybridized carbons (Fsp3) is 0.250. The van der Waals surface area contributed by atoms with Gasteiger partial charge in [0.2, 0.25) is 0 Å². The highest BCUT2D eigenvalue weighted by Gasteiger charge is 2.40. The number of fused-ring (bicyclic) bond motifs is 3. The number of anilines is 2. The third kappa shape index (κ3) is 3.85. The summed E-state index contributed by atoms with van der Waals surface area (Å²) in [5.41, 5.74) is 3.92. The molecule has 3 aromatic carbocycles. The fourth-order valence-corrected chi connectivity index (χ4v) is 5.07. The maximum absolute atomic E-state index is 13.3. The summed E-state index contributed by atoms with van der Waals surface area (Å²) in [7, 11) is 1.55. The molecule has 0 radical (unpaired) electrons. The van der Waals surface area contributed by atoms with Crippen molar-refractivity contribution in [3.63, 3.8) is 0 Å². The molecule has 3 aromatic rings. The number of benzene rings is 3. The van der Waals surface area contributed by atoms with Crippen LogP contribution in [0, 0.1) is 5.92 Å². The Hall–Kier alpha value is -3.93. The number of rotatable bonds is 6. The van der Waals surface area contributed by atoms with Crippen LogP contribution in [-0.4, -0.2) is 24.7 Å². The normalized spacial score (nSPS) is 20.1. The average Bonchev–Trinajstić information content (AvgIpc) is 3.35. The number of hydrogen-bond acceptors (Lipinski definition) is 5. The molecule has 1 aliphatic carbocycles. The SMILES string of the molecule is CCOc1ccc(NC(=O)c2cccc3c2NC(c2cccc(OC)c2O)C2CC=CC32)cc1. The number of ether oxygens (including phenoxy) is 2. The van der Waals surface area contributed by atoms with Crippen LogP contribution in [0.4, 0.5) is 11.4 Å². The number of carbonyl (C=O) groups excluding carboxylic acids is 1. The Morgan fingerprint density at radius 2 is 1.85 bits per heavy atom. The van der Waals surface area contributed by atoms with E-state index in [0.717, 1.165) is 29.0 Å². The predicted molar refractivity (Wildman–Crippen MR) is 133 cm³/mol. The Labute approximate surface area is 199 Å². The number of para-hydroxylation sites is 2. The van der Waals surface area contributed by atoms with Gasteiger partial charge in [0.05, 0.1) is 31.0 Å². The first kappa shape index (κ1) is 21.9. The zero-order valence-corrected chi connectivity index (χ0v) is 19.2. The van der Waals surface area contributed by atoms with E-state index < -0.39 is 0 Å². The highest BCUT2D eigenvalue weighted by molar-refractivity contribution is 6.08. The van der Waals surface area contributed by atoms with Crippen LogP contribution in [-0.2, 0) is 0 Å². The van der Waals surface area contributed by atoms with Gasteiger partial charge in [-0.3, -0.25) is 4.79 Å². The molecule has 3 atom stereocenters. The molecule has 2 aliphatic rings. The van der Waals surface area contributed by atoms with Crippen LogP contribution < -0.4 is 20.1 Å². The van der Waals surface area contributed by atoms with Crippen molar-refractivity contribution in [1.29, 1.82) is 0 Å². The van der Waals surface area contributed by atoms with E-state index in [1.54, 1.807) is 13.2 Å². The first-order chi connectivity index (χ1) is 16.6. The number of hydrogen-bond donors (Lipinski definition) is 3. The lowest BCUT2D eigenvalue weighted by atomic mass is 9.76. The Morgan fingerprint density at radius 3 is 2.62 bits per heavy atom. The number of methoxy groups -OCH3 is 1. The van der Waals surface area contributed by atoms with Gasteiger partial charge in [0, 0.05) is 17.2 Å². The lowest BCUT2D eigenvalue weighted by Crippen LogP contribution is -2.31. The molecule has 5 rings (SSSR count). The van der Waals surface area contributed by atoms with Gasteiger partial charge in [-0.2, -0.15) is 0 Å². The van der Waals surface area contributed by atoms with Crippen LogP contribution >= 0.6 is 0 Å². The molecule has 34 heavy (non-hydrogen) atoms. The van der Waals surface area contributed by atoms with E-state index in [4.69, 9.17) is 9.47 Å². The minimum absolute atomic E-state index is 0.132. The third-order valence-corrected chi connectivity index (χ3v) is 6.65. The largest absolute Gasteiger partial charge is 0.504 e. The average molecular weight is 457 g/mol. The van der Waals surface area contributed by atoms with Gasteiger partial charge in [0.15, 0.2) is 11.5 Å². The van der Waals surface area contributed by atoms with Crippen LogP contribution in [0.3, 0.4) is 0 Å². The van der Waals surface area contributed by atoms with Crippen molar-refractivity contribution in [1.82, 2.24) is 0 Å². The van der Waals surface area contributed by atoms with Gasteiger partial charge in [0.25, 0.3) is 5.91 Å². The van der Waals surface area contributed by atoms with Gasteiger partial charge in [-0.05, 0) is 61.2 Å². The van der Waals surface area contributed by atoms with E-state index in [0.29, 0.717) is 23.6 Å². The zero-order valence-electron chi connectivity index (χ0n) is 19.2. The second-order valence-corrected chi connectivity index (χ2v) is 8.55. The van der Waals surface area contributed by atoms with E-state index in [9.17, 15) is 9.90 Å². The summed E-state index contributed by atoms with van der Waals surface area (Å²) in [4.78, 5) is 13.3. The van der Waals surface area contributed by atoms with E-state index in [1.165, 1.54) is 0 Å². The number of phenolic OH excluding ortho intramolecular Hbond substituents is 1. The molecule has 174 valence electrons. The Kier molecular flexibility index (Phi) is 5.88. The van der Waals surface area contributed by atoms with Crippen molar-refractivity contribution < 1.29 is 19.4 Å². The number of allylic oxidation sites excluding steroid dienone is 2. The quantitative estimate of drug-likeness (QED) is 0.404. The first-order valence-electron chi connectivity index (χ1n) is 11.6. The van der Waals surface area contributed by atoms with Gasteiger partial charge in [-0.1, -0.05) is 36.4 Å². The number of aromatic hydroxyl groups is 1. The molecule has 3 N–H and O–H groups in total. The van der Waals surface area contributed by atoms with Gasteiger partial charge < -0.3 is 25.2 Å². The van der Waals surface area contributed by atoms with Crippen LogP contribution in [0.25, 0.3) is 0 Å². The highest BCUT2D eigenvalue weighted by Crippen LogP contribution is 2.52. The maximum atomic E-state index is 13.3. The van der Waals surface area contributed by atoms with Gasteiger partial charge >= 0.3 is 0 Å². The Balaban J connectivity index is 1.49. The van der Waals surface area contributed by atoms with E-state index in [-0.39, 0.29) is 29.5 Å². The van der Waals surface area contributed by atoms with E-state index in [1.807, 2.05) is 55.5 Å². The van der Waals surface area contributed by atoms with E-state index >= 15 is 0 Å². The lowest BCUT2D eigenvalue weighted by molar-refractivity contribution is 0.102. The fourth-order valence-electron chi connectivity index (χ4n) is 5.07. The molecule has 1 amide bonds. The van der Waals surface area contributed by atoms with Gasteiger partial charge in [-0.25, -0.2) is 0 Å². The summed E-state index contributed by atoms with van der Waals surface area (Å²) in [6.07, 6.45) is 5.28. The van der Waals surface area contributed by atoms with Crippen molar-refractivity contribution in [2.24, 2.45) is 5.92 Å². The van der Waals surface area contributed by atoms with Gasteiger partial charge in [0.1, 0.15) is 5.75 Å². The number of nitrogens with one attached hydrogen (secondary N) is 2. The Morgan fingerprint density at radius 1 is 1.09 bits per heavy atom. The van der Waals surface area contributed by atoms with Gasteiger partial charge in [-0.15, -0.1) is 0 Å². The molecule has 0 saturated carbocycles. The molecule has 0 saturated heterocycles. The smallest absolute Gasteiger partial charge is 0.257 e. The topological polar surface area (TPSA) is 79.8 Å². The van der Waals surface area contributed by atoms with Crippen molar-refractivity contribution in [2.45, 2.75) is 25.3 Å². The second kappa shape index (κ2) is 9.14. The summed E-state index contributed by atoms with van der Waals surface area (Å²) >= 11 is 0. The van der Waals surface area contributed by atoms with Crippen LogP contribution in [0.2, 0.25) is 0 Å². The standard InChI is InChI=1S/C28H28N2O4/c1-3-34-18-15-13-17(14-16-18)29-28(32)23-11-5-9-21-19-7-4-8-20(19)25(30-26(21)23)22-10-6-12-24(33-2)27(22)31/h4-7,9-16,19-20,25,30-31H,3,8H2,1-2H3,(H,29,32). The summed E-state index contributed by atoms with van der Waals surface area (Å²) in [5, 5.41) is 17.5. The Bertz CT molecular complexity index is 1240. The van der Waals surface area contributed by atoms with Crippen molar-refractivity contribution in [3.05, 3.63) is 89.5 Å².